The Morgan fingerprint density at radius 1 is 0.973 bits per heavy atom. The Balaban J connectivity index is 0.00000186. The third-order valence-corrected chi connectivity index (χ3v) is 5.89. The normalized spacial score (nSPS) is 11.6. The van der Waals surface area contributed by atoms with E-state index in [1.54, 1.807) is 25.3 Å². The zero-order valence-corrected chi connectivity index (χ0v) is 21.6. The van der Waals surface area contributed by atoms with Crippen molar-refractivity contribution in [1.82, 2.24) is 4.98 Å². The third-order valence-electron chi connectivity index (χ3n) is 5.56. The van der Waals surface area contributed by atoms with Crippen LogP contribution >= 0.6 is 11.6 Å². The number of pyridine rings is 1. The summed E-state index contributed by atoms with van der Waals surface area (Å²) < 4.78 is 4.91. The van der Waals surface area contributed by atoms with Gasteiger partial charge in [0.05, 0.1) is 29.0 Å². The average Bonchev–Trinajstić information content (AvgIpc) is 2.95. The lowest BCUT2D eigenvalue weighted by Crippen LogP contribution is -2.30. The first kappa shape index (κ1) is 27.0. The summed E-state index contributed by atoms with van der Waals surface area (Å²) in [5.41, 5.74) is 4.47. The second-order valence-corrected chi connectivity index (χ2v) is 8.10. The molecule has 184 valence electrons. The Bertz CT molecular complexity index is 1640. The van der Waals surface area contributed by atoms with Crippen molar-refractivity contribution >= 4 is 51.0 Å². The smallest absolute Gasteiger partial charge is 0.334 e. The lowest BCUT2D eigenvalue weighted by atomic mass is 10.1. The van der Waals surface area contributed by atoms with Gasteiger partial charge in [0, 0.05) is 28.3 Å². The Hall–Kier alpha value is -4.59. The summed E-state index contributed by atoms with van der Waals surface area (Å²) in [5, 5.41) is 6.55. The SMILES string of the molecule is C=C.C=C/C(C#Cc1ccccc1Nc1cccc2c(Cl)ccnc12)=c1/cccc/c1=C(/C)C(=O)OC. The largest absolute Gasteiger partial charge is 0.466 e. The van der Waals surface area contributed by atoms with Crippen molar-refractivity contribution in [3.63, 3.8) is 0 Å². The number of allylic oxidation sites excluding steroid dienone is 1. The summed E-state index contributed by atoms with van der Waals surface area (Å²) in [6, 6.07) is 23.0. The van der Waals surface area contributed by atoms with Gasteiger partial charge in [0.25, 0.3) is 0 Å². The van der Waals surface area contributed by atoms with Gasteiger partial charge in [-0.1, -0.05) is 84.6 Å². The van der Waals surface area contributed by atoms with Gasteiger partial charge in [-0.15, -0.1) is 13.2 Å². The number of fused-ring (bicyclic) bond motifs is 1. The fourth-order valence-corrected chi connectivity index (χ4v) is 3.97. The first-order valence-corrected chi connectivity index (χ1v) is 11.8. The summed E-state index contributed by atoms with van der Waals surface area (Å²) in [6.07, 6.45) is 3.39. The monoisotopic (exact) mass is 506 g/mol. The van der Waals surface area contributed by atoms with Gasteiger partial charge in [0.15, 0.2) is 0 Å². The number of methoxy groups -OCH3 is 1. The van der Waals surface area contributed by atoms with E-state index >= 15 is 0 Å². The van der Waals surface area contributed by atoms with Crippen LogP contribution < -0.4 is 15.8 Å². The van der Waals surface area contributed by atoms with Crippen LogP contribution in [0.1, 0.15) is 12.5 Å². The highest BCUT2D eigenvalue weighted by atomic mass is 35.5. The highest BCUT2D eigenvalue weighted by molar-refractivity contribution is 6.35. The zero-order valence-electron chi connectivity index (χ0n) is 20.8. The maximum Gasteiger partial charge on any atom is 0.334 e. The molecule has 0 unspecified atom stereocenters. The van der Waals surface area contributed by atoms with E-state index in [-0.39, 0.29) is 5.97 Å². The van der Waals surface area contributed by atoms with E-state index in [0.717, 1.165) is 38.3 Å². The molecule has 4 nitrogen and oxygen atoms in total. The summed E-state index contributed by atoms with van der Waals surface area (Å²) in [5.74, 6) is 6.11. The van der Waals surface area contributed by atoms with Crippen LogP contribution in [0.15, 0.2) is 105 Å². The number of nitrogens with one attached hydrogen (secondary N) is 1. The Morgan fingerprint density at radius 2 is 1.65 bits per heavy atom. The molecule has 0 aliphatic heterocycles. The van der Waals surface area contributed by atoms with E-state index in [0.29, 0.717) is 16.2 Å². The molecule has 4 aromatic rings. The average molecular weight is 507 g/mol. The molecule has 3 aromatic carbocycles. The molecule has 0 fully saturated rings. The van der Waals surface area contributed by atoms with E-state index in [2.05, 4.69) is 41.9 Å². The lowest BCUT2D eigenvalue weighted by Gasteiger charge is -2.11. The number of esters is 1. The molecule has 0 atom stereocenters. The quantitative estimate of drug-likeness (QED) is 0.204. The molecule has 1 N–H and O–H groups in total. The molecular weight excluding hydrogens is 480 g/mol. The lowest BCUT2D eigenvalue weighted by molar-refractivity contribution is -0.133. The number of ether oxygens (including phenoxy) is 1. The predicted octanol–water partition coefficient (Wildman–Crippen LogP) is 6.17. The minimum absolute atomic E-state index is 0.382. The third kappa shape index (κ3) is 6.16. The highest BCUT2D eigenvalue weighted by Crippen LogP contribution is 2.30. The molecule has 0 amide bonds. The molecule has 37 heavy (non-hydrogen) atoms. The van der Waals surface area contributed by atoms with Crippen molar-refractivity contribution in [3.05, 3.63) is 126 Å². The molecule has 0 aliphatic rings. The first-order valence-electron chi connectivity index (χ1n) is 11.5. The minimum Gasteiger partial charge on any atom is -0.466 e. The molecular formula is C32H27ClN2O2. The number of carbonyl (C=O) groups is 1. The van der Waals surface area contributed by atoms with Gasteiger partial charge >= 0.3 is 5.97 Å². The minimum atomic E-state index is -0.382. The van der Waals surface area contributed by atoms with E-state index < -0.39 is 0 Å². The van der Waals surface area contributed by atoms with E-state index in [9.17, 15) is 4.79 Å². The first-order chi connectivity index (χ1) is 18.0. The maximum atomic E-state index is 12.1. The van der Waals surface area contributed by atoms with Crippen molar-refractivity contribution in [2.24, 2.45) is 0 Å². The summed E-state index contributed by atoms with van der Waals surface area (Å²) in [7, 11) is 1.37. The number of halogens is 1. The maximum absolute atomic E-state index is 12.1. The van der Waals surface area contributed by atoms with Crippen molar-refractivity contribution in [1.29, 1.82) is 0 Å². The summed E-state index contributed by atoms with van der Waals surface area (Å²) in [6.45, 7) is 11.7. The van der Waals surface area contributed by atoms with Crippen LogP contribution in [0.5, 0.6) is 0 Å². The van der Waals surface area contributed by atoms with E-state index in [1.165, 1.54) is 7.11 Å². The number of nitrogens with zero attached hydrogens (tertiary/aromatic N) is 1. The number of hydrogen-bond donors (Lipinski definition) is 1. The van der Waals surface area contributed by atoms with Crippen LogP contribution in [-0.4, -0.2) is 18.1 Å². The molecule has 0 aliphatic carbocycles. The van der Waals surface area contributed by atoms with Gasteiger partial charge in [-0.05, 0) is 41.6 Å². The topological polar surface area (TPSA) is 51.2 Å². The van der Waals surface area contributed by atoms with Crippen LogP contribution in [0.3, 0.4) is 0 Å². The van der Waals surface area contributed by atoms with E-state index in [4.69, 9.17) is 16.3 Å². The van der Waals surface area contributed by atoms with Gasteiger partial charge in [0.2, 0.25) is 0 Å². The summed E-state index contributed by atoms with van der Waals surface area (Å²) >= 11 is 6.35. The van der Waals surface area contributed by atoms with Crippen molar-refractivity contribution < 1.29 is 9.53 Å². The fraction of sp³-hybridized carbons (Fsp3) is 0.0625. The number of hydrogen-bond acceptors (Lipinski definition) is 4. The van der Waals surface area contributed by atoms with Gasteiger partial charge in [0.1, 0.15) is 0 Å². The second kappa shape index (κ2) is 12.9. The van der Waals surface area contributed by atoms with Crippen molar-refractivity contribution in [2.45, 2.75) is 6.92 Å². The van der Waals surface area contributed by atoms with Crippen LogP contribution in [0, 0.1) is 11.8 Å². The van der Waals surface area contributed by atoms with E-state index in [1.807, 2.05) is 66.7 Å². The zero-order chi connectivity index (χ0) is 26.8. The number of rotatable bonds is 4. The second-order valence-electron chi connectivity index (χ2n) is 7.70. The fourth-order valence-electron chi connectivity index (χ4n) is 3.76. The van der Waals surface area contributed by atoms with Crippen molar-refractivity contribution in [2.75, 3.05) is 12.4 Å². The molecule has 1 aromatic heterocycles. The Kier molecular flexibility index (Phi) is 9.43. The number of benzene rings is 3. The standard InChI is InChI=1S/C30H23ClN2O2.C2H4/c1-4-21(24-12-7-6-11-23(24)20(2)30(34)35-3)16-17-22-10-5-8-14-27(22)33-28-15-9-13-25-26(31)18-19-32-29(25)28;1-2/h4-15,18-19,33H,1H2,2-3H3;1-2H2/b23-20+,24-21+;. The molecule has 5 heteroatoms. The summed E-state index contributed by atoms with van der Waals surface area (Å²) in [4.78, 5) is 16.6. The molecule has 0 saturated heterocycles. The van der Waals surface area contributed by atoms with Gasteiger partial charge in [-0.3, -0.25) is 4.98 Å². The number of aromatic nitrogens is 1. The van der Waals surface area contributed by atoms with Crippen LogP contribution in [-0.2, 0) is 9.53 Å². The Morgan fingerprint density at radius 3 is 2.38 bits per heavy atom. The van der Waals surface area contributed by atoms with Crippen LogP contribution in [0.2, 0.25) is 5.02 Å². The Labute approximate surface area is 222 Å². The van der Waals surface area contributed by atoms with Gasteiger partial charge in [-0.25, -0.2) is 4.79 Å². The van der Waals surface area contributed by atoms with Gasteiger partial charge in [-0.2, -0.15) is 0 Å². The van der Waals surface area contributed by atoms with Gasteiger partial charge < -0.3 is 10.1 Å². The van der Waals surface area contributed by atoms with Crippen molar-refractivity contribution in [3.8, 4) is 11.8 Å². The molecule has 1 heterocycles. The highest BCUT2D eigenvalue weighted by Gasteiger charge is 2.08. The molecule has 0 saturated carbocycles. The molecule has 0 spiro atoms. The number of para-hydroxylation sites is 2. The van der Waals surface area contributed by atoms with Crippen LogP contribution in [0.25, 0.3) is 22.0 Å². The number of carbonyl (C=O) groups excluding carboxylic acids is 1. The molecule has 0 bridgehead atoms. The number of anilines is 2. The van der Waals surface area contributed by atoms with Crippen LogP contribution in [0.4, 0.5) is 11.4 Å². The predicted molar refractivity (Wildman–Crippen MR) is 155 cm³/mol. The molecule has 0 radical (unpaired) electrons. The molecule has 4 rings (SSSR count).